The average Bonchev–Trinajstić information content (AvgIpc) is 2.97. The molecule has 6 nitrogen and oxygen atoms in total. The Morgan fingerprint density at radius 3 is 2.57 bits per heavy atom. The van der Waals surface area contributed by atoms with E-state index in [1.165, 1.54) is 5.56 Å². The third-order valence-electron chi connectivity index (χ3n) is 5.37. The molecule has 0 spiro atoms. The second-order valence-corrected chi connectivity index (χ2v) is 7.49. The van der Waals surface area contributed by atoms with E-state index in [9.17, 15) is 14.4 Å². The smallest absolute Gasteiger partial charge is 0.303 e. The molecule has 3 rings (SSSR count). The Bertz CT molecular complexity index is 917. The topological polar surface area (TPSA) is 88.4 Å². The molecule has 2 heterocycles. The first kappa shape index (κ1) is 23.6. The van der Waals surface area contributed by atoms with Crippen molar-refractivity contribution in [2.45, 2.75) is 78.2 Å². The standard InChI is InChI=1S/C22H28N2O4.C2H6/c25-19(26)12-4-2-1-3-6-13-23-21(27)18-15-17-11-8-10-16-9-5-7-14-24(20(16)17)22(18)28;1-2/h8,10-11,15H,1-7,9,12-14H2,(H,23,27)(H,25,26);1-2H3. The Labute approximate surface area is 178 Å². The molecule has 6 heteroatoms. The van der Waals surface area contributed by atoms with E-state index in [-0.39, 0.29) is 23.5 Å². The van der Waals surface area contributed by atoms with Gasteiger partial charge in [0.15, 0.2) is 0 Å². The number of amides is 1. The Balaban J connectivity index is 0.00000155. The number of aromatic nitrogens is 1. The third-order valence-corrected chi connectivity index (χ3v) is 5.37. The number of aryl methyl sites for hydroxylation is 2. The zero-order chi connectivity index (χ0) is 21.9. The monoisotopic (exact) mass is 414 g/mol. The molecule has 1 amide bonds. The fourth-order valence-corrected chi connectivity index (χ4v) is 3.91. The third kappa shape index (κ3) is 6.18. The minimum Gasteiger partial charge on any atom is -0.481 e. The van der Waals surface area contributed by atoms with Gasteiger partial charge in [-0.05, 0) is 49.1 Å². The van der Waals surface area contributed by atoms with Crippen molar-refractivity contribution < 1.29 is 14.7 Å². The summed E-state index contributed by atoms with van der Waals surface area (Å²) in [7, 11) is 0. The Morgan fingerprint density at radius 1 is 1.07 bits per heavy atom. The Morgan fingerprint density at radius 2 is 1.80 bits per heavy atom. The Hall–Kier alpha value is -2.63. The van der Waals surface area contributed by atoms with Gasteiger partial charge in [-0.2, -0.15) is 0 Å². The summed E-state index contributed by atoms with van der Waals surface area (Å²) in [5.41, 5.74) is 2.17. The SMILES string of the molecule is CC.O=C(O)CCCCCCCNC(=O)c1cc2cccc3c2n(c1=O)CCCC3. The molecule has 0 radical (unpaired) electrons. The van der Waals surface area contributed by atoms with Crippen LogP contribution >= 0.6 is 0 Å². The number of carbonyl (C=O) groups excluding carboxylic acids is 1. The molecule has 0 unspecified atom stereocenters. The number of nitrogens with one attached hydrogen (secondary N) is 1. The van der Waals surface area contributed by atoms with Crippen LogP contribution in [-0.4, -0.2) is 28.1 Å². The summed E-state index contributed by atoms with van der Waals surface area (Å²) in [5.74, 6) is -1.06. The maximum atomic E-state index is 12.9. The number of benzene rings is 1. The minimum atomic E-state index is -0.754. The average molecular weight is 415 g/mol. The summed E-state index contributed by atoms with van der Waals surface area (Å²) >= 11 is 0. The van der Waals surface area contributed by atoms with E-state index in [2.05, 4.69) is 11.4 Å². The molecule has 1 aliphatic rings. The van der Waals surface area contributed by atoms with Crippen LogP contribution in [0.2, 0.25) is 0 Å². The van der Waals surface area contributed by atoms with Crippen molar-refractivity contribution >= 4 is 22.8 Å². The normalized spacial score (nSPS) is 12.6. The summed E-state index contributed by atoms with van der Waals surface area (Å²) in [6.45, 7) is 5.18. The first-order valence-electron chi connectivity index (χ1n) is 11.2. The van der Waals surface area contributed by atoms with E-state index in [1.54, 1.807) is 10.6 Å². The summed E-state index contributed by atoms with van der Waals surface area (Å²) in [5, 5.41) is 12.4. The second kappa shape index (κ2) is 12.2. The molecular weight excluding hydrogens is 380 g/mol. The molecule has 0 bridgehead atoms. The molecule has 0 saturated heterocycles. The van der Waals surface area contributed by atoms with Crippen molar-refractivity contribution in [2.75, 3.05) is 6.54 Å². The van der Waals surface area contributed by atoms with Crippen LogP contribution in [0.25, 0.3) is 10.9 Å². The lowest BCUT2D eigenvalue weighted by Crippen LogP contribution is -2.33. The molecule has 1 aromatic heterocycles. The van der Waals surface area contributed by atoms with Gasteiger partial charge in [0.2, 0.25) is 0 Å². The molecule has 1 aromatic carbocycles. The quantitative estimate of drug-likeness (QED) is 0.591. The second-order valence-electron chi connectivity index (χ2n) is 7.49. The first-order valence-corrected chi connectivity index (χ1v) is 11.2. The summed E-state index contributed by atoms with van der Waals surface area (Å²) in [6, 6.07) is 7.75. The van der Waals surface area contributed by atoms with Crippen LogP contribution in [0, 0.1) is 0 Å². The summed E-state index contributed by atoms with van der Waals surface area (Å²) < 4.78 is 1.77. The van der Waals surface area contributed by atoms with Gasteiger partial charge in [0.05, 0.1) is 5.52 Å². The van der Waals surface area contributed by atoms with Gasteiger partial charge >= 0.3 is 5.97 Å². The number of pyridine rings is 1. The number of aliphatic carboxylic acids is 1. The van der Waals surface area contributed by atoms with Gasteiger partial charge in [-0.3, -0.25) is 14.4 Å². The molecule has 2 aromatic rings. The molecule has 164 valence electrons. The lowest BCUT2D eigenvalue weighted by atomic mass is 10.0. The van der Waals surface area contributed by atoms with E-state index in [4.69, 9.17) is 5.11 Å². The maximum Gasteiger partial charge on any atom is 0.303 e. The lowest BCUT2D eigenvalue weighted by Gasteiger charge is -2.13. The van der Waals surface area contributed by atoms with E-state index in [1.807, 2.05) is 26.0 Å². The van der Waals surface area contributed by atoms with Gasteiger partial charge < -0.3 is 15.0 Å². The molecule has 1 aliphatic heterocycles. The van der Waals surface area contributed by atoms with Crippen LogP contribution in [-0.2, 0) is 17.8 Å². The zero-order valence-electron chi connectivity index (χ0n) is 18.2. The molecule has 0 atom stereocenters. The van der Waals surface area contributed by atoms with Crippen LogP contribution in [0.15, 0.2) is 29.1 Å². The van der Waals surface area contributed by atoms with Crippen LogP contribution in [0.5, 0.6) is 0 Å². The van der Waals surface area contributed by atoms with E-state index in [0.717, 1.165) is 55.8 Å². The van der Waals surface area contributed by atoms with Crippen molar-refractivity contribution in [1.82, 2.24) is 9.88 Å². The number of hydrogen-bond acceptors (Lipinski definition) is 3. The van der Waals surface area contributed by atoms with Crippen LogP contribution in [0.4, 0.5) is 0 Å². The molecule has 2 N–H and O–H groups in total. The highest BCUT2D eigenvalue weighted by Crippen LogP contribution is 2.23. The van der Waals surface area contributed by atoms with E-state index >= 15 is 0 Å². The highest BCUT2D eigenvalue weighted by molar-refractivity contribution is 5.97. The van der Waals surface area contributed by atoms with Gasteiger partial charge in [-0.1, -0.05) is 51.3 Å². The minimum absolute atomic E-state index is 0.201. The number of para-hydroxylation sites is 1. The van der Waals surface area contributed by atoms with Crippen molar-refractivity contribution in [1.29, 1.82) is 0 Å². The van der Waals surface area contributed by atoms with Gasteiger partial charge in [0.25, 0.3) is 11.5 Å². The molecular formula is C24H34N2O4. The van der Waals surface area contributed by atoms with Crippen LogP contribution in [0.1, 0.15) is 81.1 Å². The van der Waals surface area contributed by atoms with Gasteiger partial charge in [0.1, 0.15) is 5.56 Å². The molecule has 0 aliphatic carbocycles. The van der Waals surface area contributed by atoms with Crippen LogP contribution in [0.3, 0.4) is 0 Å². The summed E-state index contributed by atoms with van der Waals surface area (Å²) in [6.07, 6.45) is 7.47. The number of nitrogens with zero attached hydrogens (tertiary/aromatic N) is 1. The van der Waals surface area contributed by atoms with Gasteiger partial charge in [0, 0.05) is 19.5 Å². The van der Waals surface area contributed by atoms with E-state index in [0.29, 0.717) is 19.5 Å². The van der Waals surface area contributed by atoms with Crippen molar-refractivity contribution in [3.05, 3.63) is 45.7 Å². The molecule has 0 saturated carbocycles. The fraction of sp³-hybridized carbons (Fsp3) is 0.542. The van der Waals surface area contributed by atoms with Gasteiger partial charge in [-0.25, -0.2) is 0 Å². The Kier molecular flexibility index (Phi) is 9.58. The molecule has 0 fully saturated rings. The maximum absolute atomic E-state index is 12.9. The number of unbranched alkanes of at least 4 members (excludes halogenated alkanes) is 4. The number of hydrogen-bond donors (Lipinski definition) is 2. The predicted octanol–water partition coefficient (Wildman–Crippen LogP) is 4.52. The highest BCUT2D eigenvalue weighted by Gasteiger charge is 2.18. The number of carboxylic acids is 1. The number of carboxylic acid groups (broad SMARTS) is 1. The number of carbonyl (C=O) groups is 2. The van der Waals surface area contributed by atoms with Crippen molar-refractivity contribution in [2.24, 2.45) is 0 Å². The van der Waals surface area contributed by atoms with Crippen molar-refractivity contribution in [3.63, 3.8) is 0 Å². The van der Waals surface area contributed by atoms with E-state index < -0.39 is 5.97 Å². The lowest BCUT2D eigenvalue weighted by molar-refractivity contribution is -0.137. The highest BCUT2D eigenvalue weighted by atomic mass is 16.4. The zero-order valence-corrected chi connectivity index (χ0v) is 18.2. The largest absolute Gasteiger partial charge is 0.481 e. The fourth-order valence-electron chi connectivity index (χ4n) is 3.91. The van der Waals surface area contributed by atoms with Crippen molar-refractivity contribution in [3.8, 4) is 0 Å². The molecule has 30 heavy (non-hydrogen) atoms. The number of rotatable bonds is 9. The predicted molar refractivity (Wildman–Crippen MR) is 120 cm³/mol. The van der Waals surface area contributed by atoms with Gasteiger partial charge in [-0.15, -0.1) is 0 Å². The first-order chi connectivity index (χ1) is 14.6. The van der Waals surface area contributed by atoms with Crippen LogP contribution < -0.4 is 10.9 Å². The summed E-state index contributed by atoms with van der Waals surface area (Å²) in [4.78, 5) is 36.0.